The number of likely N-dealkylation sites (tertiary alicyclic amines) is 1. The molecule has 118 valence electrons. The minimum Gasteiger partial charge on any atom is -0.306 e. The Bertz CT molecular complexity index is 401. The molecule has 1 saturated heterocycles. The molecule has 0 saturated carbocycles. The monoisotopic (exact) mass is 290 g/mol. The van der Waals surface area contributed by atoms with Gasteiger partial charge < -0.3 is 9.80 Å². The van der Waals surface area contributed by atoms with E-state index in [0.717, 1.165) is 24.8 Å². The Morgan fingerprint density at radius 1 is 1.24 bits per heavy atom. The molecule has 0 aliphatic carbocycles. The first kappa shape index (κ1) is 16.4. The number of likely N-dealkylation sites (N-methyl/N-ethyl adjacent to an activating group) is 2. The van der Waals surface area contributed by atoms with Crippen molar-refractivity contribution in [2.45, 2.75) is 31.8 Å². The molecular weight excluding hydrogens is 260 g/mol. The van der Waals surface area contributed by atoms with Gasteiger partial charge in [-0.3, -0.25) is 9.88 Å². The number of aromatic nitrogens is 1. The predicted octanol–water partition coefficient (Wildman–Crippen LogP) is 2.10. The largest absolute Gasteiger partial charge is 0.306 e. The fraction of sp³-hybridized carbons (Fsp3) is 0.706. The maximum atomic E-state index is 4.46. The summed E-state index contributed by atoms with van der Waals surface area (Å²) in [4.78, 5) is 11.8. The number of rotatable bonds is 6. The van der Waals surface area contributed by atoms with Crippen molar-refractivity contribution in [3.05, 3.63) is 30.1 Å². The molecule has 1 fully saturated rings. The van der Waals surface area contributed by atoms with Crippen LogP contribution in [0.5, 0.6) is 0 Å². The number of piperidine rings is 1. The summed E-state index contributed by atoms with van der Waals surface area (Å²) < 4.78 is 0. The third-order valence-electron chi connectivity index (χ3n) is 4.89. The summed E-state index contributed by atoms with van der Waals surface area (Å²) in [6, 6.07) is 7.28. The van der Waals surface area contributed by atoms with Crippen LogP contribution in [0.4, 0.5) is 0 Å². The van der Waals surface area contributed by atoms with Crippen molar-refractivity contribution < 1.29 is 0 Å². The molecule has 4 heteroatoms. The second-order valence-electron chi connectivity index (χ2n) is 6.43. The smallest absolute Gasteiger partial charge is 0.0572 e. The number of hydrogen-bond acceptors (Lipinski definition) is 4. The molecule has 4 nitrogen and oxygen atoms in total. The zero-order valence-corrected chi connectivity index (χ0v) is 14.0. The molecule has 0 bridgehead atoms. The fourth-order valence-electron chi connectivity index (χ4n) is 2.98. The first-order chi connectivity index (χ1) is 10.1. The van der Waals surface area contributed by atoms with Crippen molar-refractivity contribution in [3.63, 3.8) is 0 Å². The Hall–Kier alpha value is -0.970. The number of pyridine rings is 1. The van der Waals surface area contributed by atoms with Crippen molar-refractivity contribution in [1.29, 1.82) is 0 Å². The second-order valence-corrected chi connectivity index (χ2v) is 6.43. The van der Waals surface area contributed by atoms with Crippen LogP contribution in [0.15, 0.2) is 24.4 Å². The molecule has 0 aromatic carbocycles. The summed E-state index contributed by atoms with van der Waals surface area (Å²) >= 11 is 0. The van der Waals surface area contributed by atoms with Crippen LogP contribution in [0.25, 0.3) is 0 Å². The van der Waals surface area contributed by atoms with E-state index >= 15 is 0 Å². The van der Waals surface area contributed by atoms with Gasteiger partial charge in [0.1, 0.15) is 0 Å². The van der Waals surface area contributed by atoms with Gasteiger partial charge in [-0.05, 0) is 66.1 Å². The molecule has 1 aromatic rings. The third kappa shape index (κ3) is 4.77. The van der Waals surface area contributed by atoms with Crippen LogP contribution in [0.1, 0.15) is 31.5 Å². The van der Waals surface area contributed by atoms with Gasteiger partial charge in [-0.1, -0.05) is 6.07 Å². The average molecular weight is 290 g/mol. The minimum atomic E-state index is 0.372. The molecule has 0 amide bonds. The van der Waals surface area contributed by atoms with Crippen molar-refractivity contribution >= 4 is 0 Å². The highest BCUT2D eigenvalue weighted by Crippen LogP contribution is 2.17. The van der Waals surface area contributed by atoms with Gasteiger partial charge in [0.25, 0.3) is 0 Å². The number of hydrogen-bond donors (Lipinski definition) is 0. The van der Waals surface area contributed by atoms with E-state index in [4.69, 9.17) is 0 Å². The van der Waals surface area contributed by atoms with Crippen LogP contribution in [-0.2, 0) is 0 Å². The Morgan fingerprint density at radius 3 is 2.57 bits per heavy atom. The van der Waals surface area contributed by atoms with Crippen molar-refractivity contribution in [1.82, 2.24) is 19.7 Å². The van der Waals surface area contributed by atoms with Gasteiger partial charge >= 0.3 is 0 Å². The standard InChI is InChI=1S/C17H30N4/c1-15(17-7-5-6-10-18-17)20(3)13-14-21(4)16-8-11-19(2)12-9-16/h5-7,10,15-16H,8-9,11-14H2,1-4H3/t15-/m0/s1. The molecule has 1 aliphatic rings. The maximum absolute atomic E-state index is 4.46. The predicted molar refractivity (Wildman–Crippen MR) is 88.4 cm³/mol. The van der Waals surface area contributed by atoms with Gasteiger partial charge in [0, 0.05) is 31.4 Å². The zero-order valence-electron chi connectivity index (χ0n) is 14.0. The van der Waals surface area contributed by atoms with Gasteiger partial charge in [-0.2, -0.15) is 0 Å². The summed E-state index contributed by atoms with van der Waals surface area (Å²) in [6.07, 6.45) is 4.48. The Balaban J connectivity index is 1.76. The SMILES string of the molecule is C[C@@H](c1ccccn1)N(C)CCN(C)C1CCN(C)CC1. The highest BCUT2D eigenvalue weighted by Gasteiger charge is 2.21. The Kier molecular flexibility index (Phi) is 6.15. The quantitative estimate of drug-likeness (QED) is 0.800. The normalized spacial score (nSPS) is 19.3. The van der Waals surface area contributed by atoms with Gasteiger partial charge in [-0.25, -0.2) is 0 Å². The molecule has 0 unspecified atom stereocenters. The molecule has 0 spiro atoms. The third-order valence-corrected chi connectivity index (χ3v) is 4.89. The first-order valence-corrected chi connectivity index (χ1v) is 8.08. The summed E-state index contributed by atoms with van der Waals surface area (Å²) in [5, 5.41) is 0. The van der Waals surface area contributed by atoms with Gasteiger partial charge in [0.2, 0.25) is 0 Å². The fourth-order valence-corrected chi connectivity index (χ4v) is 2.98. The zero-order chi connectivity index (χ0) is 15.2. The van der Waals surface area contributed by atoms with E-state index in [1.165, 1.54) is 25.9 Å². The van der Waals surface area contributed by atoms with E-state index in [0.29, 0.717) is 6.04 Å². The lowest BCUT2D eigenvalue weighted by Gasteiger charge is -2.36. The molecule has 1 atom stereocenters. The molecular formula is C17H30N4. The van der Waals surface area contributed by atoms with Gasteiger partial charge in [-0.15, -0.1) is 0 Å². The maximum Gasteiger partial charge on any atom is 0.0572 e. The summed E-state index contributed by atoms with van der Waals surface area (Å²) in [5.74, 6) is 0. The van der Waals surface area contributed by atoms with Gasteiger partial charge in [0.15, 0.2) is 0 Å². The van der Waals surface area contributed by atoms with Crippen molar-refractivity contribution in [2.75, 3.05) is 47.3 Å². The lowest BCUT2D eigenvalue weighted by Crippen LogP contribution is -2.44. The van der Waals surface area contributed by atoms with Crippen molar-refractivity contribution in [3.8, 4) is 0 Å². The average Bonchev–Trinajstić information content (AvgIpc) is 2.53. The van der Waals surface area contributed by atoms with E-state index in [-0.39, 0.29) is 0 Å². The van der Waals surface area contributed by atoms with Crippen LogP contribution >= 0.6 is 0 Å². The summed E-state index contributed by atoms with van der Waals surface area (Å²) in [5.41, 5.74) is 1.15. The second kappa shape index (κ2) is 7.87. The highest BCUT2D eigenvalue weighted by molar-refractivity contribution is 5.07. The van der Waals surface area contributed by atoms with Gasteiger partial charge in [0.05, 0.1) is 5.69 Å². The minimum absolute atomic E-state index is 0.372. The van der Waals surface area contributed by atoms with E-state index in [2.05, 4.69) is 59.9 Å². The molecule has 0 radical (unpaired) electrons. The molecule has 2 rings (SSSR count). The topological polar surface area (TPSA) is 22.6 Å². The lowest BCUT2D eigenvalue weighted by atomic mass is 10.0. The van der Waals surface area contributed by atoms with Crippen molar-refractivity contribution in [2.24, 2.45) is 0 Å². The number of nitrogens with zero attached hydrogens (tertiary/aromatic N) is 4. The van der Waals surface area contributed by atoms with E-state index in [1.54, 1.807) is 0 Å². The molecule has 1 aliphatic heterocycles. The Morgan fingerprint density at radius 2 is 1.95 bits per heavy atom. The van der Waals surface area contributed by atoms with E-state index in [9.17, 15) is 0 Å². The Labute approximate surface area is 129 Å². The lowest BCUT2D eigenvalue weighted by molar-refractivity contribution is 0.126. The molecule has 0 N–H and O–H groups in total. The molecule has 2 heterocycles. The summed E-state index contributed by atoms with van der Waals surface area (Å²) in [7, 11) is 6.69. The van der Waals surface area contributed by atoms with Crippen LogP contribution in [-0.4, -0.2) is 73.0 Å². The highest BCUT2D eigenvalue weighted by atomic mass is 15.2. The summed E-state index contributed by atoms with van der Waals surface area (Å²) in [6.45, 7) is 6.91. The van der Waals surface area contributed by atoms with Crippen LogP contribution in [0, 0.1) is 0 Å². The van der Waals surface area contributed by atoms with E-state index < -0.39 is 0 Å². The molecule has 1 aromatic heterocycles. The van der Waals surface area contributed by atoms with Crippen LogP contribution in [0.3, 0.4) is 0 Å². The molecule has 21 heavy (non-hydrogen) atoms. The van der Waals surface area contributed by atoms with Crippen LogP contribution in [0.2, 0.25) is 0 Å². The van der Waals surface area contributed by atoms with E-state index in [1.807, 2.05) is 12.3 Å². The van der Waals surface area contributed by atoms with Crippen LogP contribution < -0.4 is 0 Å². The first-order valence-electron chi connectivity index (χ1n) is 8.08.